The molecule has 1 amide bonds. The number of hydrogen-bond donors (Lipinski definition) is 1. The van der Waals surface area contributed by atoms with Crippen LogP contribution in [0.1, 0.15) is 23.9 Å². The molecule has 0 fully saturated rings. The normalized spacial score (nSPS) is 12.0. The van der Waals surface area contributed by atoms with Crippen LogP contribution in [-0.2, 0) is 14.3 Å². The monoisotopic (exact) mass is 407 g/mol. The van der Waals surface area contributed by atoms with E-state index < -0.39 is 23.8 Å². The van der Waals surface area contributed by atoms with Gasteiger partial charge in [0, 0.05) is 23.0 Å². The summed E-state index contributed by atoms with van der Waals surface area (Å²) in [6, 6.07) is 15.0. The lowest BCUT2D eigenvalue weighted by molar-refractivity contribution is -0.148. The van der Waals surface area contributed by atoms with E-state index in [0.717, 1.165) is 22.6 Å². The fraction of sp³-hybridized carbons (Fsp3) is 0.174. The molecule has 154 valence electrons. The van der Waals surface area contributed by atoms with Gasteiger partial charge >= 0.3 is 5.97 Å². The summed E-state index contributed by atoms with van der Waals surface area (Å²) in [7, 11) is 0. The van der Waals surface area contributed by atoms with Crippen molar-refractivity contribution < 1.29 is 18.7 Å². The maximum atomic E-state index is 12.9. The van der Waals surface area contributed by atoms with Crippen molar-refractivity contribution in [1.82, 2.24) is 9.78 Å². The summed E-state index contributed by atoms with van der Waals surface area (Å²) < 4.78 is 19.9. The highest BCUT2D eigenvalue weighted by molar-refractivity contribution is 5.96. The van der Waals surface area contributed by atoms with Crippen LogP contribution in [0.15, 0.2) is 60.7 Å². The second-order valence-electron chi connectivity index (χ2n) is 6.74. The zero-order valence-electron chi connectivity index (χ0n) is 16.9. The third-order valence-corrected chi connectivity index (χ3v) is 4.51. The van der Waals surface area contributed by atoms with Gasteiger partial charge in [0.1, 0.15) is 5.82 Å². The largest absolute Gasteiger partial charge is 0.449 e. The molecule has 1 heterocycles. The van der Waals surface area contributed by atoms with Crippen molar-refractivity contribution in [2.75, 3.05) is 5.32 Å². The number of carbonyl (C=O) groups excluding carboxylic acids is 2. The average Bonchev–Trinajstić information content (AvgIpc) is 3.02. The van der Waals surface area contributed by atoms with Crippen molar-refractivity contribution >= 4 is 23.6 Å². The highest BCUT2D eigenvalue weighted by Gasteiger charge is 2.17. The Morgan fingerprint density at radius 2 is 1.77 bits per heavy atom. The molecule has 1 N–H and O–H groups in total. The Labute approximate surface area is 174 Å². The van der Waals surface area contributed by atoms with E-state index in [2.05, 4.69) is 10.4 Å². The number of ether oxygens (including phenoxy) is 1. The molecule has 7 heteroatoms. The SMILES string of the molecule is Cc1nn(-c2ccccc2)c(C)c1/C=C/C(=O)O[C@H](C)C(=O)Nc1ccc(F)cc1. The first-order chi connectivity index (χ1) is 14.3. The number of para-hydroxylation sites is 1. The lowest BCUT2D eigenvalue weighted by Gasteiger charge is -2.12. The minimum absolute atomic E-state index is 0.404. The molecule has 0 aliphatic rings. The number of nitrogens with zero attached hydrogens (tertiary/aromatic N) is 2. The number of benzene rings is 2. The first-order valence-corrected chi connectivity index (χ1v) is 9.42. The molecule has 3 aromatic rings. The summed E-state index contributed by atoms with van der Waals surface area (Å²) in [6.45, 7) is 5.24. The highest BCUT2D eigenvalue weighted by Crippen LogP contribution is 2.19. The molecular formula is C23H22FN3O3. The van der Waals surface area contributed by atoms with E-state index in [1.807, 2.05) is 44.2 Å². The lowest BCUT2D eigenvalue weighted by Crippen LogP contribution is -2.29. The molecular weight excluding hydrogens is 385 g/mol. The summed E-state index contributed by atoms with van der Waals surface area (Å²) >= 11 is 0. The zero-order valence-corrected chi connectivity index (χ0v) is 16.9. The molecule has 0 radical (unpaired) electrons. The number of aryl methyl sites for hydroxylation is 1. The van der Waals surface area contributed by atoms with Gasteiger partial charge in [0.05, 0.1) is 11.4 Å². The van der Waals surface area contributed by atoms with Crippen LogP contribution in [0.2, 0.25) is 0 Å². The Morgan fingerprint density at radius 3 is 2.43 bits per heavy atom. The van der Waals surface area contributed by atoms with E-state index in [-0.39, 0.29) is 0 Å². The molecule has 0 saturated heterocycles. The number of rotatable bonds is 6. The van der Waals surface area contributed by atoms with Gasteiger partial charge in [-0.1, -0.05) is 18.2 Å². The Kier molecular flexibility index (Phi) is 6.41. The van der Waals surface area contributed by atoms with Crippen molar-refractivity contribution in [1.29, 1.82) is 0 Å². The van der Waals surface area contributed by atoms with Crippen molar-refractivity contribution in [3.8, 4) is 5.69 Å². The van der Waals surface area contributed by atoms with E-state index in [1.165, 1.54) is 37.3 Å². The van der Waals surface area contributed by atoms with Gasteiger partial charge in [-0.05, 0) is 63.2 Å². The standard InChI is InChI=1S/C23H22FN3O3/c1-15-21(16(2)27(26-15)20-7-5-4-6-8-20)13-14-22(28)30-17(3)23(29)25-19-11-9-18(24)10-12-19/h4-14,17H,1-3H3,(H,25,29)/b14-13+/t17-/m1/s1. The second kappa shape index (κ2) is 9.17. The van der Waals surface area contributed by atoms with Crippen LogP contribution in [0.3, 0.4) is 0 Å². The van der Waals surface area contributed by atoms with E-state index in [1.54, 1.807) is 10.8 Å². The lowest BCUT2D eigenvalue weighted by atomic mass is 10.2. The Bertz CT molecular complexity index is 1070. The predicted molar refractivity (Wildman–Crippen MR) is 113 cm³/mol. The summed E-state index contributed by atoms with van der Waals surface area (Å²) in [5.41, 5.74) is 3.79. The molecule has 2 aromatic carbocycles. The minimum atomic E-state index is -1.01. The predicted octanol–water partition coefficient (Wildman–Crippen LogP) is 4.21. The molecule has 1 atom stereocenters. The maximum absolute atomic E-state index is 12.9. The molecule has 3 rings (SSSR count). The van der Waals surface area contributed by atoms with Crippen LogP contribution in [0.5, 0.6) is 0 Å². The first-order valence-electron chi connectivity index (χ1n) is 9.42. The molecule has 0 aliphatic heterocycles. The van der Waals surface area contributed by atoms with Gasteiger partial charge in [-0.2, -0.15) is 5.10 Å². The smallest absolute Gasteiger partial charge is 0.331 e. The van der Waals surface area contributed by atoms with Crippen molar-refractivity contribution in [3.05, 3.63) is 83.4 Å². The van der Waals surface area contributed by atoms with Gasteiger partial charge < -0.3 is 10.1 Å². The highest BCUT2D eigenvalue weighted by atomic mass is 19.1. The number of anilines is 1. The summed E-state index contributed by atoms with van der Waals surface area (Å²) in [6.07, 6.45) is 1.89. The molecule has 0 unspecified atom stereocenters. The van der Waals surface area contributed by atoms with Crippen LogP contribution in [0, 0.1) is 19.7 Å². The number of carbonyl (C=O) groups is 2. The third kappa shape index (κ3) is 5.00. The van der Waals surface area contributed by atoms with Crippen LogP contribution >= 0.6 is 0 Å². The topological polar surface area (TPSA) is 73.2 Å². The van der Waals surface area contributed by atoms with Crippen molar-refractivity contribution in [2.24, 2.45) is 0 Å². The minimum Gasteiger partial charge on any atom is -0.449 e. The van der Waals surface area contributed by atoms with Gasteiger partial charge in [-0.3, -0.25) is 4.79 Å². The van der Waals surface area contributed by atoms with E-state index in [0.29, 0.717) is 5.69 Å². The molecule has 6 nitrogen and oxygen atoms in total. The number of aromatic nitrogens is 2. The number of hydrogen-bond acceptors (Lipinski definition) is 4. The summed E-state index contributed by atoms with van der Waals surface area (Å²) in [4.78, 5) is 24.3. The number of halogens is 1. The van der Waals surface area contributed by atoms with Crippen LogP contribution in [0.4, 0.5) is 10.1 Å². The fourth-order valence-corrected chi connectivity index (χ4v) is 2.91. The molecule has 0 bridgehead atoms. The van der Waals surface area contributed by atoms with E-state index in [4.69, 9.17) is 4.74 Å². The molecule has 1 aromatic heterocycles. The van der Waals surface area contributed by atoms with Crippen LogP contribution in [-0.4, -0.2) is 27.8 Å². The number of nitrogens with one attached hydrogen (secondary N) is 1. The summed E-state index contributed by atoms with van der Waals surface area (Å²) in [5.74, 6) is -1.56. The Hall–Kier alpha value is -3.74. The maximum Gasteiger partial charge on any atom is 0.331 e. The third-order valence-electron chi connectivity index (χ3n) is 4.51. The number of esters is 1. The Morgan fingerprint density at radius 1 is 1.10 bits per heavy atom. The van der Waals surface area contributed by atoms with Crippen molar-refractivity contribution in [2.45, 2.75) is 26.9 Å². The van der Waals surface area contributed by atoms with Gasteiger partial charge in [0.15, 0.2) is 6.10 Å². The van der Waals surface area contributed by atoms with Gasteiger partial charge in [0.25, 0.3) is 5.91 Å². The molecule has 0 aliphatic carbocycles. The van der Waals surface area contributed by atoms with Gasteiger partial charge in [0.2, 0.25) is 0 Å². The Balaban J connectivity index is 1.64. The second-order valence-corrected chi connectivity index (χ2v) is 6.74. The van der Waals surface area contributed by atoms with Crippen molar-refractivity contribution in [3.63, 3.8) is 0 Å². The van der Waals surface area contributed by atoms with Gasteiger partial charge in [-0.15, -0.1) is 0 Å². The van der Waals surface area contributed by atoms with Crippen LogP contribution in [0.25, 0.3) is 11.8 Å². The zero-order chi connectivity index (χ0) is 21.7. The summed E-state index contributed by atoms with van der Waals surface area (Å²) in [5, 5.41) is 7.09. The van der Waals surface area contributed by atoms with Crippen LogP contribution < -0.4 is 5.32 Å². The number of amides is 1. The van der Waals surface area contributed by atoms with E-state index in [9.17, 15) is 14.0 Å². The van der Waals surface area contributed by atoms with E-state index >= 15 is 0 Å². The molecule has 30 heavy (non-hydrogen) atoms. The average molecular weight is 407 g/mol. The van der Waals surface area contributed by atoms with Gasteiger partial charge in [-0.25, -0.2) is 13.9 Å². The quantitative estimate of drug-likeness (QED) is 0.491. The first kappa shape index (κ1) is 21.0. The fourth-order valence-electron chi connectivity index (χ4n) is 2.91. The molecule has 0 saturated carbocycles. The molecule has 0 spiro atoms.